The molecular weight excluding hydrogens is 250 g/mol. The van der Waals surface area contributed by atoms with Gasteiger partial charge in [0.25, 0.3) is 0 Å². The normalized spacial score (nSPS) is 29.5. The molecule has 2 aliphatic rings. The van der Waals surface area contributed by atoms with Crippen molar-refractivity contribution in [1.29, 1.82) is 0 Å². The highest BCUT2D eigenvalue weighted by atomic mass is 32.2. The quantitative estimate of drug-likeness (QED) is 0.670. The Morgan fingerprint density at radius 1 is 0.895 bits per heavy atom. The molecule has 2 rings (SSSR count). The second kappa shape index (κ2) is 9.28. The molecule has 2 heteroatoms. The van der Waals surface area contributed by atoms with E-state index in [1.54, 1.807) is 0 Å². The molecule has 1 nitrogen and oxygen atoms in total. The Hall–Kier alpha value is 0.310. The van der Waals surface area contributed by atoms with Gasteiger partial charge in [-0.2, -0.15) is 11.8 Å². The number of nitrogens with one attached hydrogen (secondary N) is 1. The summed E-state index contributed by atoms with van der Waals surface area (Å²) in [5.74, 6) is 3.39. The molecule has 0 aromatic rings. The average Bonchev–Trinajstić information content (AvgIpc) is 2.48. The number of hydrogen-bond donors (Lipinski definition) is 1. The third-order valence-corrected chi connectivity index (χ3v) is 5.95. The van der Waals surface area contributed by atoms with E-state index >= 15 is 0 Å². The van der Waals surface area contributed by atoms with Gasteiger partial charge in [0, 0.05) is 6.04 Å². The lowest BCUT2D eigenvalue weighted by atomic mass is 9.71. The van der Waals surface area contributed by atoms with Crippen LogP contribution in [0, 0.1) is 11.8 Å². The summed E-state index contributed by atoms with van der Waals surface area (Å²) in [5, 5.41) is 3.92. The molecule has 19 heavy (non-hydrogen) atoms. The Morgan fingerprint density at radius 2 is 1.63 bits per heavy atom. The third kappa shape index (κ3) is 5.30. The van der Waals surface area contributed by atoms with Gasteiger partial charge in [0.1, 0.15) is 0 Å². The van der Waals surface area contributed by atoms with Gasteiger partial charge < -0.3 is 5.32 Å². The molecule has 2 aliphatic carbocycles. The zero-order valence-electron chi connectivity index (χ0n) is 12.8. The monoisotopic (exact) mass is 283 g/mol. The van der Waals surface area contributed by atoms with Crippen molar-refractivity contribution < 1.29 is 0 Å². The second-order valence-electron chi connectivity index (χ2n) is 6.61. The van der Waals surface area contributed by atoms with Crippen LogP contribution in [0.5, 0.6) is 0 Å². The van der Waals surface area contributed by atoms with Gasteiger partial charge in [0.05, 0.1) is 0 Å². The van der Waals surface area contributed by atoms with E-state index in [-0.39, 0.29) is 0 Å². The topological polar surface area (TPSA) is 12.0 Å². The van der Waals surface area contributed by atoms with Crippen LogP contribution < -0.4 is 5.32 Å². The smallest absolute Gasteiger partial charge is 0.00979 e. The number of unbranched alkanes of at least 4 members (excludes halogenated alkanes) is 1. The fourth-order valence-corrected chi connectivity index (χ4v) is 4.69. The van der Waals surface area contributed by atoms with E-state index in [4.69, 9.17) is 0 Å². The molecule has 1 N–H and O–H groups in total. The maximum atomic E-state index is 3.92. The lowest BCUT2D eigenvalue weighted by molar-refractivity contribution is 0.150. The Kier molecular flexibility index (Phi) is 7.67. The minimum absolute atomic E-state index is 0.853. The molecule has 0 saturated heterocycles. The van der Waals surface area contributed by atoms with Crippen molar-refractivity contribution in [2.45, 2.75) is 76.7 Å². The van der Waals surface area contributed by atoms with Gasteiger partial charge in [-0.1, -0.05) is 44.9 Å². The molecular formula is C17H33NS. The van der Waals surface area contributed by atoms with E-state index in [9.17, 15) is 0 Å². The molecule has 2 saturated carbocycles. The first kappa shape index (κ1) is 15.7. The van der Waals surface area contributed by atoms with E-state index in [1.165, 1.54) is 82.9 Å². The molecule has 2 fully saturated rings. The molecule has 0 aliphatic heterocycles. The molecule has 2 unspecified atom stereocenters. The van der Waals surface area contributed by atoms with Gasteiger partial charge in [-0.05, 0) is 56.1 Å². The molecule has 0 spiro atoms. The first-order chi connectivity index (χ1) is 9.42. The lowest BCUT2D eigenvalue weighted by Gasteiger charge is -2.39. The van der Waals surface area contributed by atoms with Crippen molar-refractivity contribution in [3.8, 4) is 0 Å². The molecule has 0 radical (unpaired) electrons. The van der Waals surface area contributed by atoms with Crippen LogP contribution in [-0.2, 0) is 0 Å². The van der Waals surface area contributed by atoms with Crippen molar-refractivity contribution in [1.82, 2.24) is 5.32 Å². The summed E-state index contributed by atoms with van der Waals surface area (Å²) in [6.45, 7) is 1.26. The summed E-state index contributed by atoms with van der Waals surface area (Å²) in [4.78, 5) is 0. The van der Waals surface area contributed by atoms with E-state index in [1.807, 2.05) is 11.8 Å². The van der Waals surface area contributed by atoms with Gasteiger partial charge in [-0.25, -0.2) is 0 Å². The number of thioether (sulfide) groups is 1. The minimum Gasteiger partial charge on any atom is -0.314 e. The maximum absolute atomic E-state index is 3.92. The maximum Gasteiger partial charge on any atom is 0.00979 e. The Bertz CT molecular complexity index is 225. The number of rotatable bonds is 7. The van der Waals surface area contributed by atoms with E-state index in [2.05, 4.69) is 11.6 Å². The van der Waals surface area contributed by atoms with Crippen molar-refractivity contribution in [3.63, 3.8) is 0 Å². The fraction of sp³-hybridized carbons (Fsp3) is 1.00. The number of hydrogen-bond acceptors (Lipinski definition) is 2. The molecule has 0 aromatic carbocycles. The predicted octanol–water partition coefficient (Wildman–Crippen LogP) is 4.86. The highest BCUT2D eigenvalue weighted by molar-refractivity contribution is 7.98. The van der Waals surface area contributed by atoms with Crippen LogP contribution in [0.4, 0.5) is 0 Å². The van der Waals surface area contributed by atoms with Crippen molar-refractivity contribution >= 4 is 11.8 Å². The highest BCUT2D eigenvalue weighted by Gasteiger charge is 2.31. The zero-order valence-corrected chi connectivity index (χ0v) is 13.6. The molecule has 0 amide bonds. The first-order valence-corrected chi connectivity index (χ1v) is 10.0. The molecule has 112 valence electrons. The minimum atomic E-state index is 0.853. The standard InChI is InChI=1S/C17H33NS/c1-19-14-8-7-13-18-17-12-6-5-11-16(17)15-9-3-2-4-10-15/h15-18H,2-14H2,1H3. The van der Waals surface area contributed by atoms with Gasteiger partial charge in [0.15, 0.2) is 0 Å². The van der Waals surface area contributed by atoms with Gasteiger partial charge in [-0.15, -0.1) is 0 Å². The van der Waals surface area contributed by atoms with Crippen LogP contribution in [0.25, 0.3) is 0 Å². The molecule has 0 bridgehead atoms. The van der Waals surface area contributed by atoms with E-state index in [0.717, 1.165) is 17.9 Å². The van der Waals surface area contributed by atoms with Crippen molar-refractivity contribution in [2.24, 2.45) is 11.8 Å². The summed E-state index contributed by atoms with van der Waals surface area (Å²) in [6.07, 6.45) is 18.4. The lowest BCUT2D eigenvalue weighted by Crippen LogP contribution is -2.42. The largest absolute Gasteiger partial charge is 0.314 e. The summed E-state index contributed by atoms with van der Waals surface area (Å²) < 4.78 is 0. The zero-order chi connectivity index (χ0) is 13.3. The summed E-state index contributed by atoms with van der Waals surface area (Å²) in [6, 6.07) is 0.853. The summed E-state index contributed by atoms with van der Waals surface area (Å²) in [5.41, 5.74) is 0. The Balaban J connectivity index is 1.72. The van der Waals surface area contributed by atoms with Crippen LogP contribution in [0.2, 0.25) is 0 Å². The summed E-state index contributed by atoms with van der Waals surface area (Å²) >= 11 is 1.98. The fourth-order valence-electron chi connectivity index (χ4n) is 4.20. The van der Waals surface area contributed by atoms with Crippen LogP contribution >= 0.6 is 11.8 Å². The first-order valence-electron chi connectivity index (χ1n) is 8.64. The molecule has 2 atom stereocenters. The van der Waals surface area contributed by atoms with E-state index in [0.29, 0.717) is 0 Å². The van der Waals surface area contributed by atoms with E-state index < -0.39 is 0 Å². The third-order valence-electron chi connectivity index (χ3n) is 5.26. The SMILES string of the molecule is CSCCCCNC1CCCCC1C1CCCCC1. The molecule has 0 aromatic heterocycles. The van der Waals surface area contributed by atoms with Crippen LogP contribution in [0.15, 0.2) is 0 Å². The molecule has 0 heterocycles. The Labute approximate surface area is 124 Å². The predicted molar refractivity (Wildman–Crippen MR) is 87.9 cm³/mol. The van der Waals surface area contributed by atoms with Crippen molar-refractivity contribution in [3.05, 3.63) is 0 Å². The Morgan fingerprint density at radius 3 is 2.42 bits per heavy atom. The van der Waals surface area contributed by atoms with Gasteiger partial charge >= 0.3 is 0 Å². The van der Waals surface area contributed by atoms with Crippen LogP contribution in [0.3, 0.4) is 0 Å². The van der Waals surface area contributed by atoms with Crippen molar-refractivity contribution in [2.75, 3.05) is 18.6 Å². The second-order valence-corrected chi connectivity index (χ2v) is 7.59. The highest BCUT2D eigenvalue weighted by Crippen LogP contribution is 2.38. The van der Waals surface area contributed by atoms with Crippen LogP contribution in [0.1, 0.15) is 70.6 Å². The van der Waals surface area contributed by atoms with Gasteiger partial charge in [0.2, 0.25) is 0 Å². The summed E-state index contributed by atoms with van der Waals surface area (Å²) in [7, 11) is 0. The average molecular weight is 284 g/mol. The van der Waals surface area contributed by atoms with Crippen LogP contribution in [-0.4, -0.2) is 24.6 Å². The van der Waals surface area contributed by atoms with Gasteiger partial charge in [-0.3, -0.25) is 0 Å².